The fourth-order valence-corrected chi connectivity index (χ4v) is 2.08. The Morgan fingerprint density at radius 1 is 1.44 bits per heavy atom. The highest BCUT2D eigenvalue weighted by Crippen LogP contribution is 2.19. The molecular formula is C15H19NO2. The van der Waals surface area contributed by atoms with Crippen molar-refractivity contribution in [3.63, 3.8) is 0 Å². The predicted octanol–water partition coefficient (Wildman–Crippen LogP) is 3.30. The summed E-state index contributed by atoms with van der Waals surface area (Å²) in [5.74, 6) is 0.628. The molecule has 0 radical (unpaired) electrons. The lowest BCUT2D eigenvalue weighted by atomic mass is 9.97. The molecule has 3 nitrogen and oxygen atoms in total. The molecule has 18 heavy (non-hydrogen) atoms. The summed E-state index contributed by atoms with van der Waals surface area (Å²) in [4.78, 5) is 11.5. The van der Waals surface area contributed by atoms with Gasteiger partial charge in [-0.25, -0.2) is 0 Å². The molecule has 1 aromatic heterocycles. The van der Waals surface area contributed by atoms with E-state index in [-0.39, 0.29) is 5.91 Å². The summed E-state index contributed by atoms with van der Waals surface area (Å²) in [6.45, 7) is 0.715. The number of nitrogens with one attached hydrogen (secondary N) is 1. The second-order valence-electron chi connectivity index (χ2n) is 4.50. The van der Waals surface area contributed by atoms with Crippen LogP contribution in [0.1, 0.15) is 37.9 Å². The molecule has 0 spiro atoms. The maximum Gasteiger partial charge on any atom is 0.244 e. The molecule has 1 N–H and O–H groups in total. The molecule has 0 aliphatic heterocycles. The first-order chi connectivity index (χ1) is 8.84. The van der Waals surface area contributed by atoms with Crippen molar-refractivity contribution >= 4 is 12.0 Å². The number of carbonyl (C=O) groups excluding carboxylic acids is 1. The summed E-state index contributed by atoms with van der Waals surface area (Å²) >= 11 is 0. The first-order valence-corrected chi connectivity index (χ1v) is 6.52. The van der Waals surface area contributed by atoms with Crippen LogP contribution < -0.4 is 5.32 Å². The number of hydrogen-bond donors (Lipinski definition) is 1. The van der Waals surface area contributed by atoms with Crippen molar-refractivity contribution in [3.05, 3.63) is 41.9 Å². The molecule has 0 atom stereocenters. The summed E-state index contributed by atoms with van der Waals surface area (Å²) in [6.07, 6.45) is 13.0. The van der Waals surface area contributed by atoms with Crippen LogP contribution in [-0.2, 0) is 4.79 Å². The van der Waals surface area contributed by atoms with Gasteiger partial charge in [-0.05, 0) is 50.3 Å². The average molecular weight is 245 g/mol. The fourth-order valence-electron chi connectivity index (χ4n) is 2.08. The van der Waals surface area contributed by atoms with Crippen LogP contribution in [0, 0.1) is 0 Å². The first-order valence-electron chi connectivity index (χ1n) is 6.52. The van der Waals surface area contributed by atoms with Gasteiger partial charge in [0.15, 0.2) is 0 Å². The summed E-state index contributed by atoms with van der Waals surface area (Å²) in [6, 6.07) is 3.61. The van der Waals surface area contributed by atoms with Crippen LogP contribution in [0.5, 0.6) is 0 Å². The minimum atomic E-state index is -0.0668. The van der Waals surface area contributed by atoms with E-state index in [0.717, 1.165) is 6.42 Å². The Kier molecular flexibility index (Phi) is 4.82. The molecule has 3 heteroatoms. The van der Waals surface area contributed by atoms with Gasteiger partial charge in [0.1, 0.15) is 5.76 Å². The van der Waals surface area contributed by atoms with Crippen LogP contribution in [-0.4, -0.2) is 12.5 Å². The van der Waals surface area contributed by atoms with Crippen molar-refractivity contribution in [2.24, 2.45) is 0 Å². The van der Waals surface area contributed by atoms with Crippen LogP contribution in [0.3, 0.4) is 0 Å². The minimum absolute atomic E-state index is 0.0668. The van der Waals surface area contributed by atoms with Crippen LogP contribution in [0.25, 0.3) is 6.08 Å². The molecule has 0 unspecified atom stereocenters. The summed E-state index contributed by atoms with van der Waals surface area (Å²) in [7, 11) is 0. The molecule has 1 amide bonds. The first kappa shape index (κ1) is 12.7. The Balaban J connectivity index is 1.67. The zero-order valence-electron chi connectivity index (χ0n) is 10.5. The van der Waals surface area contributed by atoms with Gasteiger partial charge in [-0.1, -0.05) is 11.6 Å². The zero-order chi connectivity index (χ0) is 12.6. The van der Waals surface area contributed by atoms with E-state index in [0.29, 0.717) is 12.3 Å². The Hall–Kier alpha value is -1.77. The van der Waals surface area contributed by atoms with Crippen LogP contribution in [0.4, 0.5) is 0 Å². The van der Waals surface area contributed by atoms with E-state index >= 15 is 0 Å². The number of rotatable bonds is 5. The van der Waals surface area contributed by atoms with E-state index in [1.165, 1.54) is 37.3 Å². The lowest BCUT2D eigenvalue weighted by molar-refractivity contribution is -0.116. The van der Waals surface area contributed by atoms with Gasteiger partial charge >= 0.3 is 0 Å². The van der Waals surface area contributed by atoms with E-state index in [1.54, 1.807) is 18.4 Å². The van der Waals surface area contributed by atoms with Gasteiger partial charge in [-0.2, -0.15) is 0 Å². The molecule has 0 aromatic carbocycles. The number of allylic oxidation sites excluding steroid dienone is 1. The average Bonchev–Trinajstić information content (AvgIpc) is 2.91. The van der Waals surface area contributed by atoms with Gasteiger partial charge in [-0.15, -0.1) is 0 Å². The number of furan rings is 1. The van der Waals surface area contributed by atoms with E-state index in [2.05, 4.69) is 11.4 Å². The van der Waals surface area contributed by atoms with Crippen LogP contribution in [0.2, 0.25) is 0 Å². The minimum Gasteiger partial charge on any atom is -0.465 e. The van der Waals surface area contributed by atoms with E-state index < -0.39 is 0 Å². The summed E-state index contributed by atoms with van der Waals surface area (Å²) < 4.78 is 5.11. The molecule has 0 saturated heterocycles. The Labute approximate surface area is 108 Å². The molecule has 2 rings (SSSR count). The number of amides is 1. The normalized spacial score (nSPS) is 15.7. The third kappa shape index (κ3) is 4.24. The number of hydrogen-bond acceptors (Lipinski definition) is 2. The van der Waals surface area contributed by atoms with Crippen LogP contribution in [0.15, 0.2) is 40.5 Å². The highest BCUT2D eigenvalue weighted by molar-refractivity contribution is 5.91. The molecule has 1 heterocycles. The fraction of sp³-hybridized carbons (Fsp3) is 0.400. The standard InChI is InChI=1S/C15H19NO2/c17-15(9-8-14-7-4-12-18-14)16-11-10-13-5-2-1-3-6-13/h4-5,7-9,12H,1-3,6,10-11H2,(H,16,17)/b9-8+. The van der Waals surface area contributed by atoms with Gasteiger partial charge in [0.05, 0.1) is 6.26 Å². The summed E-state index contributed by atoms with van der Waals surface area (Å²) in [5, 5.41) is 2.88. The summed E-state index contributed by atoms with van der Waals surface area (Å²) in [5.41, 5.74) is 1.48. The van der Waals surface area contributed by atoms with Crippen molar-refractivity contribution in [3.8, 4) is 0 Å². The highest BCUT2D eigenvalue weighted by Gasteiger charge is 2.03. The third-order valence-corrected chi connectivity index (χ3v) is 3.07. The number of carbonyl (C=O) groups is 1. The topological polar surface area (TPSA) is 42.2 Å². The van der Waals surface area contributed by atoms with E-state index in [9.17, 15) is 4.79 Å². The van der Waals surface area contributed by atoms with Crippen molar-refractivity contribution < 1.29 is 9.21 Å². The molecule has 96 valence electrons. The van der Waals surface area contributed by atoms with Gasteiger partial charge in [-0.3, -0.25) is 4.79 Å². The molecule has 0 bridgehead atoms. The Morgan fingerprint density at radius 2 is 2.39 bits per heavy atom. The van der Waals surface area contributed by atoms with Crippen LogP contribution >= 0.6 is 0 Å². The Bertz CT molecular complexity index is 429. The lowest BCUT2D eigenvalue weighted by Crippen LogP contribution is -2.22. The maximum atomic E-state index is 11.5. The second-order valence-corrected chi connectivity index (χ2v) is 4.50. The second kappa shape index (κ2) is 6.84. The molecule has 1 aliphatic rings. The van der Waals surface area contributed by atoms with Gasteiger partial charge in [0.25, 0.3) is 0 Å². The third-order valence-electron chi connectivity index (χ3n) is 3.07. The SMILES string of the molecule is O=C(/C=C/c1ccco1)NCCC1=CCCCC1. The predicted molar refractivity (Wildman–Crippen MR) is 71.9 cm³/mol. The lowest BCUT2D eigenvalue weighted by Gasteiger charge is -2.12. The maximum absolute atomic E-state index is 11.5. The van der Waals surface area contributed by atoms with E-state index in [4.69, 9.17) is 4.42 Å². The molecule has 1 aromatic rings. The smallest absolute Gasteiger partial charge is 0.244 e. The largest absolute Gasteiger partial charge is 0.465 e. The van der Waals surface area contributed by atoms with Crippen molar-refractivity contribution in [2.45, 2.75) is 32.1 Å². The molecular weight excluding hydrogens is 226 g/mol. The van der Waals surface area contributed by atoms with Crippen molar-refractivity contribution in [2.75, 3.05) is 6.54 Å². The molecule has 0 fully saturated rings. The molecule has 0 saturated carbocycles. The Morgan fingerprint density at radius 3 is 3.11 bits per heavy atom. The van der Waals surface area contributed by atoms with Crippen molar-refractivity contribution in [1.82, 2.24) is 5.32 Å². The van der Waals surface area contributed by atoms with E-state index in [1.807, 2.05) is 6.07 Å². The van der Waals surface area contributed by atoms with Gasteiger partial charge < -0.3 is 9.73 Å². The van der Waals surface area contributed by atoms with Gasteiger partial charge in [0, 0.05) is 12.6 Å². The van der Waals surface area contributed by atoms with Crippen molar-refractivity contribution in [1.29, 1.82) is 0 Å². The highest BCUT2D eigenvalue weighted by atomic mass is 16.3. The quantitative estimate of drug-likeness (QED) is 0.639. The van der Waals surface area contributed by atoms with Gasteiger partial charge in [0.2, 0.25) is 5.91 Å². The monoisotopic (exact) mass is 245 g/mol. The zero-order valence-corrected chi connectivity index (χ0v) is 10.5. The molecule has 1 aliphatic carbocycles.